The summed E-state index contributed by atoms with van der Waals surface area (Å²) < 4.78 is 5.64. The van der Waals surface area contributed by atoms with E-state index in [4.69, 9.17) is 4.74 Å². The molecule has 198 valence electrons. The monoisotopic (exact) mass is 484 g/mol. The number of fused-ring (bicyclic) bond motifs is 1. The van der Waals surface area contributed by atoms with Gasteiger partial charge in [0, 0.05) is 19.0 Å². The van der Waals surface area contributed by atoms with E-state index in [1.165, 1.54) is 55.5 Å². The lowest BCUT2D eigenvalue weighted by Gasteiger charge is -2.30. The Morgan fingerprint density at radius 1 is 1.17 bits per heavy atom. The fourth-order valence-corrected chi connectivity index (χ4v) is 5.63. The van der Waals surface area contributed by atoms with Crippen molar-refractivity contribution in [2.45, 2.75) is 98.4 Å². The Bertz CT molecular complexity index is 789. The summed E-state index contributed by atoms with van der Waals surface area (Å²) in [6.07, 6.45) is 12.0. The topological polar surface area (TPSA) is 32.8 Å². The zero-order chi connectivity index (χ0) is 25.8. The van der Waals surface area contributed by atoms with Crippen molar-refractivity contribution in [1.82, 2.24) is 9.80 Å². The molecule has 2 atom stereocenters. The van der Waals surface area contributed by atoms with Crippen LogP contribution in [0.5, 0.6) is 5.75 Å². The fraction of sp³-hybridized carbons (Fsp3) is 0.710. The van der Waals surface area contributed by atoms with Crippen molar-refractivity contribution in [1.29, 1.82) is 0 Å². The van der Waals surface area contributed by atoms with Crippen LogP contribution in [-0.2, 0) is 11.2 Å². The number of carbonyl (C=O) groups excluding carboxylic acids is 1. The molecule has 4 nitrogen and oxygen atoms in total. The van der Waals surface area contributed by atoms with Crippen LogP contribution in [0.2, 0.25) is 0 Å². The summed E-state index contributed by atoms with van der Waals surface area (Å²) in [5, 5.41) is 0. The molecular weight excluding hydrogens is 432 g/mol. The minimum atomic E-state index is 0.158. The predicted molar refractivity (Wildman–Crippen MR) is 150 cm³/mol. The van der Waals surface area contributed by atoms with Crippen molar-refractivity contribution in [3.63, 3.8) is 0 Å². The van der Waals surface area contributed by atoms with Gasteiger partial charge in [0.1, 0.15) is 12.0 Å². The Morgan fingerprint density at radius 2 is 1.86 bits per heavy atom. The Labute approximate surface area is 216 Å². The molecular formula is C31H52N2O2. The van der Waals surface area contributed by atoms with E-state index < -0.39 is 0 Å². The van der Waals surface area contributed by atoms with Gasteiger partial charge in [-0.2, -0.15) is 0 Å². The third-order valence-corrected chi connectivity index (χ3v) is 7.25. The molecule has 0 amide bonds. The number of aldehydes is 1. The minimum Gasteiger partial charge on any atom is -0.493 e. The summed E-state index contributed by atoms with van der Waals surface area (Å²) in [4.78, 5) is 16.0. The standard InChI is InChI=1S/C22H31NO2.C9H21N/c1-16(2)13-22(3,4)14-20-12-19(15-23(20)8-9-24)17-5-6-21-18(11-17)7-10-25-21;1-4-6-8-10(3)9-7-5-2/h5-6,9,11,13,19-20H,7-8,10,12,14-15H2,1-4H3;4-9H2,1-3H3. The predicted octanol–water partition coefficient (Wildman–Crippen LogP) is 6.88. The maximum atomic E-state index is 11.2. The average Bonchev–Trinajstić information content (AvgIpc) is 3.42. The van der Waals surface area contributed by atoms with Crippen molar-refractivity contribution in [3.8, 4) is 5.75 Å². The molecule has 0 spiro atoms. The lowest BCUT2D eigenvalue weighted by molar-refractivity contribution is -0.109. The Hall–Kier alpha value is -1.65. The highest BCUT2D eigenvalue weighted by Crippen LogP contribution is 2.39. The molecule has 2 heterocycles. The summed E-state index contributed by atoms with van der Waals surface area (Å²) in [7, 11) is 2.21. The van der Waals surface area contributed by atoms with Crippen LogP contribution in [-0.4, -0.2) is 62.0 Å². The number of hydrogen-bond acceptors (Lipinski definition) is 4. The number of allylic oxidation sites excluding steroid dienone is 2. The Kier molecular flexibility index (Phi) is 12.5. The van der Waals surface area contributed by atoms with Crippen LogP contribution in [0.15, 0.2) is 29.8 Å². The van der Waals surface area contributed by atoms with Crippen molar-refractivity contribution < 1.29 is 9.53 Å². The minimum absolute atomic E-state index is 0.158. The van der Waals surface area contributed by atoms with E-state index in [2.05, 4.69) is 82.7 Å². The number of likely N-dealkylation sites (tertiary alicyclic amines) is 1. The zero-order valence-electron chi connectivity index (χ0n) is 23.7. The molecule has 2 unspecified atom stereocenters. The molecule has 1 aromatic rings. The van der Waals surface area contributed by atoms with E-state index in [1.807, 2.05) is 0 Å². The molecule has 0 aromatic heterocycles. The van der Waals surface area contributed by atoms with Crippen molar-refractivity contribution in [2.24, 2.45) is 5.41 Å². The van der Waals surface area contributed by atoms with Crippen molar-refractivity contribution in [3.05, 3.63) is 41.0 Å². The number of ether oxygens (including phenoxy) is 1. The molecule has 4 heteroatoms. The zero-order valence-corrected chi connectivity index (χ0v) is 23.7. The highest BCUT2D eigenvalue weighted by Gasteiger charge is 2.35. The third kappa shape index (κ3) is 10.1. The summed E-state index contributed by atoms with van der Waals surface area (Å²) in [5.41, 5.74) is 4.27. The van der Waals surface area contributed by atoms with Crippen molar-refractivity contribution >= 4 is 6.29 Å². The van der Waals surface area contributed by atoms with Gasteiger partial charge in [-0.15, -0.1) is 0 Å². The van der Waals surface area contributed by atoms with Gasteiger partial charge in [-0.3, -0.25) is 4.90 Å². The molecule has 3 rings (SSSR count). The van der Waals surface area contributed by atoms with Crippen LogP contribution in [0, 0.1) is 5.41 Å². The maximum Gasteiger partial charge on any atom is 0.133 e. The van der Waals surface area contributed by atoms with Crippen LogP contribution in [0.3, 0.4) is 0 Å². The van der Waals surface area contributed by atoms with Crippen LogP contribution in [0.4, 0.5) is 0 Å². The van der Waals surface area contributed by atoms with Crippen LogP contribution in [0.25, 0.3) is 0 Å². The van der Waals surface area contributed by atoms with Gasteiger partial charge in [0.25, 0.3) is 0 Å². The van der Waals surface area contributed by atoms with Gasteiger partial charge in [0.2, 0.25) is 0 Å². The normalized spacial score (nSPS) is 19.7. The largest absolute Gasteiger partial charge is 0.493 e. The van der Waals surface area contributed by atoms with Crippen LogP contribution < -0.4 is 4.74 Å². The fourth-order valence-electron chi connectivity index (χ4n) is 5.63. The lowest BCUT2D eigenvalue weighted by Crippen LogP contribution is -2.34. The second-order valence-electron chi connectivity index (χ2n) is 11.6. The first kappa shape index (κ1) is 29.6. The average molecular weight is 485 g/mol. The second-order valence-corrected chi connectivity index (χ2v) is 11.6. The molecule has 1 aromatic carbocycles. The van der Waals surface area contributed by atoms with E-state index in [0.29, 0.717) is 18.5 Å². The molecule has 2 aliphatic rings. The molecule has 1 fully saturated rings. The summed E-state index contributed by atoms with van der Waals surface area (Å²) in [6.45, 7) is 18.3. The molecule has 0 aliphatic carbocycles. The Morgan fingerprint density at radius 3 is 2.46 bits per heavy atom. The van der Waals surface area contributed by atoms with E-state index in [0.717, 1.165) is 44.4 Å². The molecule has 0 bridgehead atoms. The van der Waals surface area contributed by atoms with E-state index >= 15 is 0 Å². The van der Waals surface area contributed by atoms with Crippen LogP contribution in [0.1, 0.15) is 97.1 Å². The van der Waals surface area contributed by atoms with Gasteiger partial charge >= 0.3 is 0 Å². The Balaban J connectivity index is 0.000000367. The lowest BCUT2D eigenvalue weighted by atomic mass is 9.82. The van der Waals surface area contributed by atoms with Gasteiger partial charge in [-0.25, -0.2) is 0 Å². The number of hydrogen-bond donors (Lipinski definition) is 0. The number of carbonyl (C=O) groups is 1. The number of nitrogens with zero attached hydrogens (tertiary/aromatic N) is 2. The third-order valence-electron chi connectivity index (χ3n) is 7.25. The van der Waals surface area contributed by atoms with E-state index in [-0.39, 0.29) is 5.41 Å². The molecule has 2 aliphatic heterocycles. The van der Waals surface area contributed by atoms with Crippen molar-refractivity contribution in [2.75, 3.05) is 39.8 Å². The molecule has 0 radical (unpaired) electrons. The van der Waals surface area contributed by atoms with E-state index in [1.54, 1.807) is 0 Å². The van der Waals surface area contributed by atoms with Crippen LogP contribution >= 0.6 is 0 Å². The van der Waals surface area contributed by atoms with E-state index in [9.17, 15) is 4.79 Å². The van der Waals surface area contributed by atoms with Gasteiger partial charge in [0.05, 0.1) is 13.2 Å². The smallest absolute Gasteiger partial charge is 0.133 e. The number of benzene rings is 1. The number of unbranched alkanes of at least 4 members (excludes halogenated alkanes) is 2. The first-order valence-electron chi connectivity index (χ1n) is 14.0. The molecule has 0 saturated carbocycles. The van der Waals surface area contributed by atoms with Gasteiger partial charge in [0.15, 0.2) is 0 Å². The highest BCUT2D eigenvalue weighted by molar-refractivity contribution is 5.52. The first-order valence-corrected chi connectivity index (χ1v) is 14.0. The van der Waals surface area contributed by atoms with Gasteiger partial charge < -0.3 is 14.4 Å². The summed E-state index contributed by atoms with van der Waals surface area (Å²) in [6, 6.07) is 7.14. The second kappa shape index (κ2) is 14.8. The number of rotatable bonds is 12. The first-order chi connectivity index (χ1) is 16.7. The molecule has 1 saturated heterocycles. The van der Waals surface area contributed by atoms with Gasteiger partial charge in [-0.05, 0) is 88.2 Å². The molecule has 0 N–H and O–H groups in total. The highest BCUT2D eigenvalue weighted by atomic mass is 16.5. The summed E-state index contributed by atoms with van der Waals surface area (Å²) >= 11 is 0. The van der Waals surface area contributed by atoms with Gasteiger partial charge in [-0.1, -0.05) is 64.3 Å². The summed E-state index contributed by atoms with van der Waals surface area (Å²) in [5.74, 6) is 1.56. The SMILES string of the molecule is CC(C)=CC(C)(C)CC1CC(c2ccc3c(c2)CCO3)CN1CC=O.CCCCN(C)CCCC. The quantitative estimate of drug-likeness (QED) is 0.239. The maximum absolute atomic E-state index is 11.2. The molecule has 35 heavy (non-hydrogen) atoms.